The molecule has 2 aliphatic heterocycles. The van der Waals surface area contributed by atoms with Crippen LogP contribution >= 0.6 is 23.1 Å². The molecule has 0 saturated heterocycles. The minimum absolute atomic E-state index is 0.0241. The first kappa shape index (κ1) is 27.4. The second-order valence-corrected chi connectivity index (χ2v) is 12.2. The maximum Gasteiger partial charge on any atom is 0.453 e. The van der Waals surface area contributed by atoms with Crippen LogP contribution in [-0.2, 0) is 10.0 Å². The van der Waals surface area contributed by atoms with E-state index in [1.165, 1.54) is 28.0 Å². The maximum atomic E-state index is 13.1. The highest BCUT2D eigenvalue weighted by atomic mass is 32.2. The summed E-state index contributed by atoms with van der Waals surface area (Å²) < 4.78 is 93.1. The van der Waals surface area contributed by atoms with Gasteiger partial charge in [0, 0.05) is 17.0 Å². The lowest BCUT2D eigenvalue weighted by atomic mass is 10.1. The molecule has 1 aromatic carbocycles. The lowest BCUT2D eigenvalue weighted by Gasteiger charge is -2.19. The van der Waals surface area contributed by atoms with Crippen molar-refractivity contribution in [2.45, 2.75) is 61.2 Å². The van der Waals surface area contributed by atoms with Gasteiger partial charge < -0.3 is 0 Å². The van der Waals surface area contributed by atoms with Crippen molar-refractivity contribution in [3.8, 4) is 5.69 Å². The van der Waals surface area contributed by atoms with Crippen molar-refractivity contribution >= 4 is 38.9 Å². The molecule has 0 fully saturated rings. The zero-order valence-corrected chi connectivity index (χ0v) is 21.3. The zero-order chi connectivity index (χ0) is 26.2. The molecule has 0 unspecified atom stereocenters. The van der Waals surface area contributed by atoms with Gasteiger partial charge in [-0.25, -0.2) is 13.2 Å². The number of anilines is 1. The highest BCUT2D eigenvalue weighted by Crippen LogP contribution is 2.41. The van der Waals surface area contributed by atoms with E-state index in [2.05, 4.69) is 9.71 Å². The fraction of sp³-hybridized carbons (Fsp3) is 0.429. The number of aryl methyl sites for hydroxylation is 2. The van der Waals surface area contributed by atoms with Gasteiger partial charge in [-0.3, -0.25) is 9.29 Å². The minimum atomic E-state index is -5.59. The quantitative estimate of drug-likeness (QED) is 0.202. The minimum Gasteiger partial charge on any atom is -0.261 e. The van der Waals surface area contributed by atoms with Crippen LogP contribution in [0.4, 0.5) is 27.8 Å². The first-order valence-electron chi connectivity index (χ1n) is 10.3. The van der Waals surface area contributed by atoms with Crippen molar-refractivity contribution in [2.75, 3.05) is 10.5 Å². The molecule has 0 spiro atoms. The molecule has 0 amide bonds. The van der Waals surface area contributed by atoms with Gasteiger partial charge >= 0.3 is 17.8 Å². The number of nitrogens with zero attached hydrogens (tertiary/aromatic N) is 2. The van der Waals surface area contributed by atoms with Crippen molar-refractivity contribution in [1.29, 1.82) is 0 Å². The number of sulfonamides is 1. The van der Waals surface area contributed by atoms with Gasteiger partial charge in [-0.2, -0.15) is 26.9 Å². The third-order valence-electron chi connectivity index (χ3n) is 5.23. The van der Waals surface area contributed by atoms with Gasteiger partial charge in [0.05, 0.1) is 9.10 Å². The maximum absolute atomic E-state index is 13.1. The standard InChI is InChI=1S/C21H22F5N3O3S3/c1-12-6-8-15(9-7-12)35(31,32)28-17-16-18(34-14(3)13(2)29(16)19(30)27-17)33-11-5-4-10-20(22,23)21(24,25)26/h6-9H,4-5,10-11H2,1-3H3,(H,27,28,30). The van der Waals surface area contributed by atoms with Gasteiger partial charge in [0.15, 0.2) is 5.82 Å². The van der Waals surface area contributed by atoms with E-state index >= 15 is 0 Å². The Bertz CT molecular complexity index is 1330. The average Bonchev–Trinajstić information content (AvgIpc) is 3.06. The number of halogens is 5. The highest BCUT2D eigenvalue weighted by Gasteiger charge is 2.56. The topological polar surface area (TPSA) is 81.1 Å². The number of nitrogens with one attached hydrogen (secondary N) is 1. The molecular formula is C21H22F5N3O3S3. The Morgan fingerprint density at radius 2 is 1.69 bits per heavy atom. The first-order valence-corrected chi connectivity index (χ1v) is 13.6. The monoisotopic (exact) mass is 555 g/mol. The number of unbranched alkanes of at least 4 members (excludes halogenated alkanes) is 1. The fourth-order valence-corrected chi connectivity index (χ4v) is 6.68. The van der Waals surface area contributed by atoms with Crippen LogP contribution in [-0.4, -0.2) is 35.8 Å². The Morgan fingerprint density at radius 1 is 1.06 bits per heavy atom. The molecule has 1 N–H and O–H groups in total. The molecule has 14 heteroatoms. The van der Waals surface area contributed by atoms with Gasteiger partial charge in [0.2, 0.25) is 0 Å². The average molecular weight is 556 g/mol. The van der Waals surface area contributed by atoms with Crippen LogP contribution in [0, 0.1) is 20.8 Å². The molecule has 0 aliphatic carbocycles. The normalized spacial score (nSPS) is 12.9. The summed E-state index contributed by atoms with van der Waals surface area (Å²) in [4.78, 5) is 17.2. The zero-order valence-electron chi connectivity index (χ0n) is 18.9. The summed E-state index contributed by atoms with van der Waals surface area (Å²) in [6, 6.07) is 6.08. The second-order valence-electron chi connectivity index (χ2n) is 7.88. The third kappa shape index (κ3) is 5.97. The van der Waals surface area contributed by atoms with Crippen LogP contribution in [0.25, 0.3) is 5.69 Å². The van der Waals surface area contributed by atoms with Crippen molar-refractivity contribution in [3.63, 3.8) is 0 Å². The molecule has 6 nitrogen and oxygen atoms in total. The number of rotatable bonds is 9. The van der Waals surface area contributed by atoms with Crippen molar-refractivity contribution in [3.05, 3.63) is 50.9 Å². The highest BCUT2D eigenvalue weighted by molar-refractivity contribution is 8.01. The molecular weight excluding hydrogens is 533 g/mol. The van der Waals surface area contributed by atoms with E-state index in [0.29, 0.717) is 9.90 Å². The van der Waals surface area contributed by atoms with Crippen molar-refractivity contribution < 1.29 is 30.4 Å². The van der Waals surface area contributed by atoms with E-state index in [-0.39, 0.29) is 35.0 Å². The number of fused-ring (bicyclic) bond motifs is 1. The van der Waals surface area contributed by atoms with Crippen molar-refractivity contribution in [2.24, 2.45) is 0 Å². The molecule has 3 rings (SSSR count). The smallest absolute Gasteiger partial charge is 0.261 e. The molecule has 2 aliphatic rings. The molecule has 2 heterocycles. The number of alkyl halides is 5. The van der Waals surface area contributed by atoms with Crippen LogP contribution in [0.2, 0.25) is 0 Å². The van der Waals surface area contributed by atoms with Crippen molar-refractivity contribution in [1.82, 2.24) is 9.55 Å². The number of imidazole rings is 1. The van der Waals surface area contributed by atoms with E-state index in [1.54, 1.807) is 32.9 Å². The van der Waals surface area contributed by atoms with Gasteiger partial charge in [0.25, 0.3) is 10.0 Å². The van der Waals surface area contributed by atoms with E-state index < -0.39 is 34.2 Å². The van der Waals surface area contributed by atoms with Gasteiger partial charge in [0.1, 0.15) is 5.69 Å². The Balaban J connectivity index is 1.85. The lowest BCUT2D eigenvalue weighted by molar-refractivity contribution is -0.284. The predicted molar refractivity (Wildman–Crippen MR) is 126 cm³/mol. The summed E-state index contributed by atoms with van der Waals surface area (Å²) in [5, 5.41) is 0. The predicted octanol–water partition coefficient (Wildman–Crippen LogP) is 5.92. The molecule has 0 saturated carbocycles. The second kappa shape index (κ2) is 10.1. The largest absolute Gasteiger partial charge is 0.453 e. The number of aromatic nitrogens is 2. The Morgan fingerprint density at radius 3 is 2.29 bits per heavy atom. The van der Waals surface area contributed by atoms with E-state index in [9.17, 15) is 35.2 Å². The Kier molecular flexibility index (Phi) is 7.87. The molecule has 0 radical (unpaired) electrons. The van der Waals surface area contributed by atoms with E-state index in [1.807, 2.05) is 0 Å². The van der Waals surface area contributed by atoms with Crippen LogP contribution in [0.1, 0.15) is 35.4 Å². The molecule has 0 aromatic heterocycles. The number of benzene rings is 1. The van der Waals surface area contributed by atoms with Crippen LogP contribution < -0.4 is 10.4 Å². The summed E-state index contributed by atoms with van der Waals surface area (Å²) >= 11 is 2.39. The fourth-order valence-electron chi connectivity index (χ4n) is 3.15. The van der Waals surface area contributed by atoms with Gasteiger partial charge in [-0.15, -0.1) is 23.1 Å². The third-order valence-corrected chi connectivity index (χ3v) is 9.11. The van der Waals surface area contributed by atoms with E-state index in [0.717, 1.165) is 22.2 Å². The van der Waals surface area contributed by atoms with Crippen LogP contribution in [0.15, 0.2) is 38.2 Å². The summed E-state index contributed by atoms with van der Waals surface area (Å²) in [6.45, 7) is 5.23. The first-order chi connectivity index (χ1) is 16.1. The Labute approximate surface area is 207 Å². The SMILES string of the molecule is Cc1ccc(S(=O)(=O)Nc2nc(=O)n3c(C)c(C)sc(SCCCCC(F)(F)C(F)(F)F)c2-3)cc1. The number of hydrogen-bond acceptors (Lipinski definition) is 6. The summed E-state index contributed by atoms with van der Waals surface area (Å²) in [6.07, 6.45) is -7.20. The molecule has 1 aromatic rings. The lowest BCUT2D eigenvalue weighted by Crippen LogP contribution is -2.36. The Hall–Kier alpha value is -2.19. The van der Waals surface area contributed by atoms with Crippen LogP contribution in [0.3, 0.4) is 0 Å². The summed E-state index contributed by atoms with van der Waals surface area (Å²) in [5.74, 6) is -4.74. The van der Waals surface area contributed by atoms with Crippen LogP contribution in [0.5, 0.6) is 0 Å². The van der Waals surface area contributed by atoms with Gasteiger partial charge in [-0.1, -0.05) is 17.7 Å². The molecule has 0 atom stereocenters. The number of hydrogen-bond donors (Lipinski definition) is 1. The summed E-state index contributed by atoms with van der Waals surface area (Å²) in [7, 11) is -4.07. The number of thioether (sulfide) groups is 1. The molecule has 35 heavy (non-hydrogen) atoms. The molecule has 0 bridgehead atoms. The van der Waals surface area contributed by atoms with Gasteiger partial charge in [-0.05, 0) is 51.5 Å². The van der Waals surface area contributed by atoms with E-state index in [4.69, 9.17) is 0 Å². The summed E-state index contributed by atoms with van der Waals surface area (Å²) in [5.41, 5.74) is 0.932. The molecule has 192 valence electrons.